The molecular formula is C16H31N3. The first-order valence-corrected chi connectivity index (χ1v) is 8.36. The lowest BCUT2D eigenvalue weighted by atomic mass is 9.98. The Hall–Kier alpha value is -0.120. The number of hydrogen-bond acceptors (Lipinski definition) is 3. The summed E-state index contributed by atoms with van der Waals surface area (Å²) in [5, 5.41) is 3.74. The summed E-state index contributed by atoms with van der Waals surface area (Å²) in [6.07, 6.45) is 5.64. The molecule has 0 spiro atoms. The lowest BCUT2D eigenvalue weighted by molar-refractivity contribution is 0.0866. The average Bonchev–Trinajstić information content (AvgIpc) is 3.10. The summed E-state index contributed by atoms with van der Waals surface area (Å²) in [6, 6.07) is 3.21. The van der Waals surface area contributed by atoms with Gasteiger partial charge in [-0.25, -0.2) is 0 Å². The van der Waals surface area contributed by atoms with Gasteiger partial charge in [-0.3, -0.25) is 9.80 Å². The Morgan fingerprint density at radius 2 is 1.89 bits per heavy atom. The highest BCUT2D eigenvalue weighted by molar-refractivity contribution is 4.96. The first-order chi connectivity index (χ1) is 9.13. The van der Waals surface area contributed by atoms with Gasteiger partial charge in [0, 0.05) is 50.3 Å². The van der Waals surface area contributed by atoms with E-state index in [4.69, 9.17) is 0 Å². The van der Waals surface area contributed by atoms with E-state index in [2.05, 4.69) is 35.9 Å². The van der Waals surface area contributed by atoms with Crippen LogP contribution in [-0.2, 0) is 0 Å². The second kappa shape index (κ2) is 5.71. The van der Waals surface area contributed by atoms with E-state index < -0.39 is 0 Å². The average molecular weight is 265 g/mol. The van der Waals surface area contributed by atoms with Crippen molar-refractivity contribution in [2.75, 3.05) is 26.2 Å². The van der Waals surface area contributed by atoms with Crippen LogP contribution in [-0.4, -0.2) is 60.1 Å². The minimum atomic E-state index is 0.714. The maximum atomic E-state index is 3.74. The zero-order chi connectivity index (χ0) is 13.4. The number of piperazine rings is 1. The van der Waals surface area contributed by atoms with Crippen LogP contribution in [0.2, 0.25) is 0 Å². The molecule has 3 heteroatoms. The van der Waals surface area contributed by atoms with Gasteiger partial charge in [0.1, 0.15) is 0 Å². The molecule has 1 aliphatic carbocycles. The minimum absolute atomic E-state index is 0.714. The molecule has 0 bridgehead atoms. The first kappa shape index (κ1) is 13.8. The quantitative estimate of drug-likeness (QED) is 0.838. The van der Waals surface area contributed by atoms with Crippen molar-refractivity contribution in [1.29, 1.82) is 0 Å². The second-order valence-corrected chi connectivity index (χ2v) is 7.45. The molecule has 3 atom stereocenters. The highest BCUT2D eigenvalue weighted by Gasteiger charge is 2.39. The molecule has 19 heavy (non-hydrogen) atoms. The molecule has 2 aliphatic heterocycles. The molecule has 0 amide bonds. The van der Waals surface area contributed by atoms with Gasteiger partial charge in [-0.05, 0) is 38.5 Å². The standard InChI is InChI=1S/C16H31N3/c1-12(2)8-14-10-19(13(3)9-17-14)16-6-7-18(11-16)15-4-5-15/h12-17H,4-11H2,1-3H3. The van der Waals surface area contributed by atoms with E-state index in [1.54, 1.807) is 0 Å². The summed E-state index contributed by atoms with van der Waals surface area (Å²) >= 11 is 0. The molecule has 1 N–H and O–H groups in total. The molecule has 2 saturated heterocycles. The van der Waals surface area contributed by atoms with Crippen molar-refractivity contribution in [2.24, 2.45) is 5.92 Å². The number of rotatable bonds is 4. The van der Waals surface area contributed by atoms with Gasteiger partial charge >= 0.3 is 0 Å². The molecule has 3 unspecified atom stereocenters. The van der Waals surface area contributed by atoms with E-state index >= 15 is 0 Å². The third kappa shape index (κ3) is 3.32. The topological polar surface area (TPSA) is 18.5 Å². The Labute approximate surface area is 118 Å². The van der Waals surface area contributed by atoms with Crippen LogP contribution in [0.4, 0.5) is 0 Å². The molecule has 0 aromatic carbocycles. The van der Waals surface area contributed by atoms with Gasteiger partial charge in [-0.2, -0.15) is 0 Å². The molecular weight excluding hydrogens is 234 g/mol. The van der Waals surface area contributed by atoms with Gasteiger partial charge in [-0.1, -0.05) is 13.8 Å². The van der Waals surface area contributed by atoms with Crippen molar-refractivity contribution in [3.63, 3.8) is 0 Å². The SMILES string of the molecule is CC(C)CC1CN(C2CCN(C3CC3)C2)C(C)CN1. The first-order valence-electron chi connectivity index (χ1n) is 8.36. The molecule has 3 aliphatic rings. The third-order valence-electron chi connectivity index (χ3n) is 5.18. The Kier molecular flexibility index (Phi) is 4.16. The van der Waals surface area contributed by atoms with Gasteiger partial charge in [0.25, 0.3) is 0 Å². The predicted molar refractivity (Wildman–Crippen MR) is 80.4 cm³/mol. The highest BCUT2D eigenvalue weighted by Crippen LogP contribution is 2.32. The zero-order valence-electron chi connectivity index (χ0n) is 12.9. The molecule has 1 saturated carbocycles. The Bertz CT molecular complexity index is 300. The number of nitrogens with one attached hydrogen (secondary N) is 1. The van der Waals surface area contributed by atoms with Crippen molar-refractivity contribution in [3.8, 4) is 0 Å². The van der Waals surface area contributed by atoms with Crippen LogP contribution < -0.4 is 5.32 Å². The fraction of sp³-hybridized carbons (Fsp3) is 1.00. The van der Waals surface area contributed by atoms with Crippen LogP contribution in [0.25, 0.3) is 0 Å². The zero-order valence-corrected chi connectivity index (χ0v) is 12.9. The summed E-state index contributed by atoms with van der Waals surface area (Å²) in [4.78, 5) is 5.56. The normalized spacial score (nSPS) is 38.2. The molecule has 0 aromatic heterocycles. The van der Waals surface area contributed by atoms with Crippen molar-refractivity contribution >= 4 is 0 Å². The maximum Gasteiger partial charge on any atom is 0.0239 e. The monoisotopic (exact) mass is 265 g/mol. The maximum absolute atomic E-state index is 3.74. The van der Waals surface area contributed by atoms with Crippen molar-refractivity contribution in [1.82, 2.24) is 15.1 Å². The Morgan fingerprint density at radius 3 is 2.58 bits per heavy atom. The Balaban J connectivity index is 1.55. The molecule has 110 valence electrons. The van der Waals surface area contributed by atoms with E-state index in [1.165, 1.54) is 51.9 Å². The van der Waals surface area contributed by atoms with Crippen LogP contribution in [0.5, 0.6) is 0 Å². The predicted octanol–water partition coefficient (Wildman–Crippen LogP) is 1.93. The summed E-state index contributed by atoms with van der Waals surface area (Å²) in [6.45, 7) is 12.2. The van der Waals surface area contributed by atoms with Crippen molar-refractivity contribution in [3.05, 3.63) is 0 Å². The van der Waals surface area contributed by atoms with Crippen LogP contribution in [0.15, 0.2) is 0 Å². The van der Waals surface area contributed by atoms with E-state index in [0.29, 0.717) is 12.1 Å². The molecule has 3 fully saturated rings. The number of likely N-dealkylation sites (tertiary alicyclic amines) is 1. The second-order valence-electron chi connectivity index (χ2n) is 7.45. The molecule has 0 radical (unpaired) electrons. The van der Waals surface area contributed by atoms with Crippen molar-refractivity contribution < 1.29 is 0 Å². The lowest BCUT2D eigenvalue weighted by Gasteiger charge is -2.42. The molecule has 3 rings (SSSR count). The minimum Gasteiger partial charge on any atom is -0.311 e. The molecule has 3 nitrogen and oxygen atoms in total. The van der Waals surface area contributed by atoms with Gasteiger partial charge in [0.2, 0.25) is 0 Å². The smallest absolute Gasteiger partial charge is 0.0239 e. The number of hydrogen-bond donors (Lipinski definition) is 1. The number of nitrogens with zero attached hydrogens (tertiary/aromatic N) is 2. The van der Waals surface area contributed by atoms with E-state index in [0.717, 1.165) is 18.0 Å². The summed E-state index contributed by atoms with van der Waals surface area (Å²) in [5.41, 5.74) is 0. The van der Waals surface area contributed by atoms with Gasteiger partial charge in [-0.15, -0.1) is 0 Å². The van der Waals surface area contributed by atoms with E-state index in [-0.39, 0.29) is 0 Å². The van der Waals surface area contributed by atoms with Gasteiger partial charge in [0.05, 0.1) is 0 Å². The Morgan fingerprint density at radius 1 is 1.11 bits per heavy atom. The van der Waals surface area contributed by atoms with Crippen LogP contribution in [0.1, 0.15) is 46.5 Å². The fourth-order valence-corrected chi connectivity index (χ4v) is 4.00. The summed E-state index contributed by atoms with van der Waals surface area (Å²) < 4.78 is 0. The van der Waals surface area contributed by atoms with Gasteiger partial charge in [0.15, 0.2) is 0 Å². The van der Waals surface area contributed by atoms with Crippen molar-refractivity contribution in [2.45, 2.75) is 70.6 Å². The summed E-state index contributed by atoms with van der Waals surface area (Å²) in [5.74, 6) is 0.805. The van der Waals surface area contributed by atoms with E-state index in [9.17, 15) is 0 Å². The van der Waals surface area contributed by atoms with Crippen LogP contribution >= 0.6 is 0 Å². The largest absolute Gasteiger partial charge is 0.311 e. The van der Waals surface area contributed by atoms with Crippen LogP contribution in [0, 0.1) is 5.92 Å². The molecule has 0 aromatic rings. The molecule has 2 heterocycles. The third-order valence-corrected chi connectivity index (χ3v) is 5.18. The highest BCUT2D eigenvalue weighted by atomic mass is 15.3. The van der Waals surface area contributed by atoms with Gasteiger partial charge < -0.3 is 5.32 Å². The van der Waals surface area contributed by atoms with E-state index in [1.807, 2.05) is 0 Å². The lowest BCUT2D eigenvalue weighted by Crippen LogP contribution is -2.59. The summed E-state index contributed by atoms with van der Waals surface area (Å²) in [7, 11) is 0. The van der Waals surface area contributed by atoms with Crippen LogP contribution in [0.3, 0.4) is 0 Å². The fourth-order valence-electron chi connectivity index (χ4n) is 4.00.